The number of quaternary nitrogens is 1. The molecule has 0 unspecified atom stereocenters. The second-order valence-electron chi connectivity index (χ2n) is 7.68. The summed E-state index contributed by atoms with van der Waals surface area (Å²) >= 11 is 0. The van der Waals surface area contributed by atoms with Crippen molar-refractivity contribution in [3.05, 3.63) is 77.9 Å². The molecular formula is C24H26N4O2. The van der Waals surface area contributed by atoms with E-state index in [1.807, 2.05) is 30.3 Å². The monoisotopic (exact) mass is 402 g/mol. The molecule has 1 aliphatic rings. The highest BCUT2D eigenvalue weighted by Crippen LogP contribution is 2.23. The van der Waals surface area contributed by atoms with Gasteiger partial charge in [-0.2, -0.15) is 5.10 Å². The lowest BCUT2D eigenvalue weighted by Gasteiger charge is -2.31. The quantitative estimate of drug-likeness (QED) is 0.473. The lowest BCUT2D eigenvalue weighted by Crippen LogP contribution is -3.15. The summed E-state index contributed by atoms with van der Waals surface area (Å²) in [6.45, 7) is 5.13. The predicted octanol–water partition coefficient (Wildman–Crippen LogP) is 0.764. The maximum Gasteiger partial charge on any atom is 0.295 e. The molecule has 0 saturated carbocycles. The molecule has 0 spiro atoms. The van der Waals surface area contributed by atoms with Crippen molar-refractivity contribution in [2.75, 3.05) is 32.7 Å². The molecule has 0 atom stereocenters. The van der Waals surface area contributed by atoms with Crippen LogP contribution in [0.1, 0.15) is 11.1 Å². The molecule has 0 aliphatic carbocycles. The second-order valence-corrected chi connectivity index (χ2v) is 7.68. The van der Waals surface area contributed by atoms with Crippen LogP contribution in [0.3, 0.4) is 0 Å². The number of carbonyl (C=O) groups is 1. The summed E-state index contributed by atoms with van der Waals surface area (Å²) in [7, 11) is 0. The number of nitrogens with zero attached hydrogens (tertiary/aromatic N) is 2. The zero-order valence-corrected chi connectivity index (χ0v) is 16.9. The standard InChI is InChI=1S/C24H26N4O2/c29-23-11-10-20-8-4-5-9-21(20)22(23)16-25-26-24(30)18-28-14-12-27(13-15-28)17-19-6-2-1-3-7-19/h1-11,16,29H,12-15,17-18H2,(H,26,30)/b25-16+. The van der Waals surface area contributed by atoms with Gasteiger partial charge in [0.05, 0.1) is 19.3 Å². The summed E-state index contributed by atoms with van der Waals surface area (Å²) in [5.41, 5.74) is 4.39. The van der Waals surface area contributed by atoms with Crippen LogP contribution in [0.15, 0.2) is 71.8 Å². The van der Waals surface area contributed by atoms with E-state index < -0.39 is 0 Å². The van der Waals surface area contributed by atoms with Crippen LogP contribution in [0.5, 0.6) is 5.75 Å². The summed E-state index contributed by atoms with van der Waals surface area (Å²) in [6.07, 6.45) is 1.45. The highest BCUT2D eigenvalue weighted by Gasteiger charge is 2.21. The molecule has 1 heterocycles. The lowest BCUT2D eigenvalue weighted by atomic mass is 10.0. The Labute approximate surface area is 176 Å². The number of benzene rings is 3. The van der Waals surface area contributed by atoms with Crippen molar-refractivity contribution in [3.8, 4) is 5.75 Å². The third-order valence-electron chi connectivity index (χ3n) is 5.54. The summed E-state index contributed by atoms with van der Waals surface area (Å²) in [5.74, 6) is -0.239. The normalized spacial score (nSPS) is 15.6. The van der Waals surface area contributed by atoms with Crippen LogP contribution in [-0.4, -0.2) is 49.7 Å². The lowest BCUT2D eigenvalue weighted by molar-refractivity contribution is -0.896. The third kappa shape index (κ3) is 5.03. The van der Waals surface area contributed by atoms with Gasteiger partial charge in [0.2, 0.25) is 0 Å². The molecule has 6 nitrogen and oxygen atoms in total. The number of fused-ring (bicyclic) bond motifs is 1. The Bertz CT molecular complexity index is 1030. The molecule has 154 valence electrons. The number of hydrogen-bond acceptors (Lipinski definition) is 4. The summed E-state index contributed by atoms with van der Waals surface area (Å²) < 4.78 is 0. The molecule has 2 N–H and O–H groups in total. The molecule has 1 fully saturated rings. The third-order valence-corrected chi connectivity index (χ3v) is 5.54. The Morgan fingerprint density at radius 3 is 2.57 bits per heavy atom. The van der Waals surface area contributed by atoms with Crippen LogP contribution >= 0.6 is 0 Å². The van der Waals surface area contributed by atoms with Gasteiger partial charge in [0.1, 0.15) is 0 Å². The van der Waals surface area contributed by atoms with Crippen LogP contribution in [-0.2, 0) is 11.3 Å². The van der Waals surface area contributed by atoms with Crippen LogP contribution in [0.25, 0.3) is 10.8 Å². The molecule has 0 radical (unpaired) electrons. The van der Waals surface area contributed by atoms with E-state index in [-0.39, 0.29) is 11.7 Å². The van der Waals surface area contributed by atoms with Crippen LogP contribution in [0.2, 0.25) is 0 Å². The van der Waals surface area contributed by atoms with Gasteiger partial charge in [0.15, 0.2) is 6.54 Å². The van der Waals surface area contributed by atoms with Crippen molar-refractivity contribution in [2.45, 2.75) is 6.54 Å². The fourth-order valence-corrected chi connectivity index (χ4v) is 3.89. The van der Waals surface area contributed by atoms with Gasteiger partial charge >= 0.3 is 0 Å². The first-order valence-corrected chi connectivity index (χ1v) is 10.3. The van der Waals surface area contributed by atoms with Crippen LogP contribution in [0.4, 0.5) is 0 Å². The minimum atomic E-state index is -0.134. The Hall–Kier alpha value is -3.22. The molecule has 3 aromatic rings. The molecule has 1 aliphatic heterocycles. The van der Waals surface area contributed by atoms with E-state index in [2.05, 4.69) is 39.7 Å². The van der Waals surface area contributed by atoms with Gasteiger partial charge in [0.25, 0.3) is 5.91 Å². The maximum atomic E-state index is 12.3. The largest absolute Gasteiger partial charge is 0.872 e. The van der Waals surface area contributed by atoms with Crippen LogP contribution < -0.4 is 15.4 Å². The Morgan fingerprint density at radius 1 is 1.03 bits per heavy atom. The zero-order valence-electron chi connectivity index (χ0n) is 16.9. The van der Waals surface area contributed by atoms with Crippen molar-refractivity contribution in [1.29, 1.82) is 0 Å². The summed E-state index contributed by atoms with van der Waals surface area (Å²) in [4.78, 5) is 16.0. The van der Waals surface area contributed by atoms with Crippen LogP contribution in [0, 0.1) is 0 Å². The number of carbonyl (C=O) groups excluding carboxylic acids is 1. The van der Waals surface area contributed by atoms with E-state index in [0.717, 1.165) is 43.5 Å². The molecule has 30 heavy (non-hydrogen) atoms. The molecule has 0 aromatic heterocycles. The molecule has 3 aromatic carbocycles. The van der Waals surface area contributed by atoms with Gasteiger partial charge in [0, 0.05) is 19.6 Å². The molecule has 0 bridgehead atoms. The fraction of sp³-hybridized carbons (Fsp3) is 0.250. The number of hydrogen-bond donors (Lipinski definition) is 2. The first kappa shape index (κ1) is 20.1. The molecule has 1 amide bonds. The van der Waals surface area contributed by atoms with E-state index in [1.165, 1.54) is 22.7 Å². The van der Waals surface area contributed by atoms with Crippen molar-refractivity contribution in [1.82, 2.24) is 10.3 Å². The van der Waals surface area contributed by atoms with Crippen molar-refractivity contribution < 1.29 is 14.8 Å². The molecular weight excluding hydrogens is 376 g/mol. The minimum Gasteiger partial charge on any atom is -0.872 e. The highest BCUT2D eigenvalue weighted by atomic mass is 16.3. The van der Waals surface area contributed by atoms with Gasteiger partial charge in [-0.3, -0.25) is 9.69 Å². The first-order chi connectivity index (χ1) is 14.7. The smallest absolute Gasteiger partial charge is 0.295 e. The molecule has 6 heteroatoms. The van der Waals surface area contributed by atoms with E-state index >= 15 is 0 Å². The second kappa shape index (κ2) is 9.52. The van der Waals surface area contributed by atoms with Gasteiger partial charge in [-0.05, 0) is 21.9 Å². The number of piperazine rings is 1. The predicted molar refractivity (Wildman–Crippen MR) is 116 cm³/mol. The number of hydrazone groups is 1. The number of rotatable bonds is 6. The van der Waals surface area contributed by atoms with Gasteiger partial charge < -0.3 is 10.0 Å². The van der Waals surface area contributed by atoms with Gasteiger partial charge in [-0.15, -0.1) is 0 Å². The maximum absolute atomic E-state index is 12.3. The van der Waals surface area contributed by atoms with E-state index in [4.69, 9.17) is 0 Å². The highest BCUT2D eigenvalue weighted by molar-refractivity contribution is 6.02. The first-order valence-electron chi connectivity index (χ1n) is 10.3. The Balaban J connectivity index is 1.26. The van der Waals surface area contributed by atoms with E-state index in [1.54, 1.807) is 6.07 Å². The van der Waals surface area contributed by atoms with Crippen molar-refractivity contribution in [3.63, 3.8) is 0 Å². The fourth-order valence-electron chi connectivity index (χ4n) is 3.89. The van der Waals surface area contributed by atoms with Crippen molar-refractivity contribution >= 4 is 22.9 Å². The number of amides is 1. The summed E-state index contributed by atoms with van der Waals surface area (Å²) in [5, 5.41) is 18.0. The van der Waals surface area contributed by atoms with Crippen molar-refractivity contribution in [2.24, 2.45) is 5.10 Å². The summed E-state index contributed by atoms with van der Waals surface area (Å²) in [6, 6.07) is 21.4. The van der Waals surface area contributed by atoms with E-state index in [9.17, 15) is 9.90 Å². The average Bonchev–Trinajstić information content (AvgIpc) is 2.77. The Morgan fingerprint density at radius 2 is 1.77 bits per heavy atom. The Kier molecular flexibility index (Phi) is 6.37. The minimum absolute atomic E-state index is 0.105. The average molecular weight is 402 g/mol. The SMILES string of the molecule is O=C(C[NH+]1CCN(Cc2ccccc2)CC1)N/N=C/c1c([O-])ccc2ccccc12. The zero-order chi connectivity index (χ0) is 20.8. The van der Waals surface area contributed by atoms with E-state index in [0.29, 0.717) is 12.1 Å². The van der Waals surface area contributed by atoms with Gasteiger partial charge in [-0.1, -0.05) is 72.5 Å². The molecule has 4 rings (SSSR count). The number of nitrogens with one attached hydrogen (secondary N) is 2. The van der Waals surface area contributed by atoms with Gasteiger partial charge in [-0.25, -0.2) is 5.43 Å². The topological polar surface area (TPSA) is 72.2 Å². The molecule has 1 saturated heterocycles.